The van der Waals surface area contributed by atoms with Gasteiger partial charge >= 0.3 is 0 Å². The molecular weight excluding hydrogens is 244 g/mol. The van der Waals surface area contributed by atoms with Gasteiger partial charge in [0.1, 0.15) is 0 Å². The maximum Gasteiger partial charge on any atom is 0.0220 e. The third kappa shape index (κ3) is 3.07. The van der Waals surface area contributed by atoms with E-state index >= 15 is 0 Å². The Morgan fingerprint density at radius 1 is 1.25 bits per heavy atom. The van der Waals surface area contributed by atoms with Gasteiger partial charge in [0.05, 0.1) is 0 Å². The summed E-state index contributed by atoms with van der Waals surface area (Å²) in [4.78, 5) is 2.76. The first-order chi connectivity index (χ1) is 9.88. The molecule has 2 unspecified atom stereocenters. The van der Waals surface area contributed by atoms with Crippen LogP contribution in [0.5, 0.6) is 0 Å². The van der Waals surface area contributed by atoms with E-state index in [1.807, 2.05) is 0 Å². The summed E-state index contributed by atoms with van der Waals surface area (Å²) < 4.78 is 0. The highest BCUT2D eigenvalue weighted by atomic mass is 15.2. The fourth-order valence-electron chi connectivity index (χ4n) is 3.79. The lowest BCUT2D eigenvalue weighted by atomic mass is 9.77. The Balaban J connectivity index is 1.55. The lowest BCUT2D eigenvalue weighted by Crippen LogP contribution is -2.48. The summed E-state index contributed by atoms with van der Waals surface area (Å²) in [6.07, 6.45) is 6.71. The van der Waals surface area contributed by atoms with E-state index in [2.05, 4.69) is 41.4 Å². The van der Waals surface area contributed by atoms with Crippen LogP contribution in [0.3, 0.4) is 0 Å². The summed E-state index contributed by atoms with van der Waals surface area (Å²) in [5.41, 5.74) is 3.19. The number of hydrogen-bond donors (Lipinski definition) is 1. The Labute approximate surface area is 123 Å². The summed E-state index contributed by atoms with van der Waals surface area (Å²) >= 11 is 0. The summed E-state index contributed by atoms with van der Waals surface area (Å²) in [7, 11) is 0. The van der Waals surface area contributed by atoms with Gasteiger partial charge in [-0.1, -0.05) is 37.6 Å². The van der Waals surface area contributed by atoms with Crippen molar-refractivity contribution < 1.29 is 0 Å². The zero-order chi connectivity index (χ0) is 13.8. The van der Waals surface area contributed by atoms with Gasteiger partial charge < -0.3 is 5.32 Å². The van der Waals surface area contributed by atoms with Crippen molar-refractivity contribution in [2.24, 2.45) is 0 Å². The van der Waals surface area contributed by atoms with Crippen molar-refractivity contribution in [3.8, 4) is 0 Å². The molecule has 1 N–H and O–H groups in total. The number of nitrogens with zero attached hydrogens (tertiary/aromatic N) is 1. The van der Waals surface area contributed by atoms with Gasteiger partial charge in [-0.2, -0.15) is 0 Å². The number of hydrogen-bond acceptors (Lipinski definition) is 2. The van der Waals surface area contributed by atoms with Gasteiger partial charge in [-0.05, 0) is 49.9 Å². The number of rotatable bonds is 6. The molecule has 2 atom stereocenters. The smallest absolute Gasteiger partial charge is 0.0220 e. The Bertz CT molecular complexity index is 429. The Hall–Kier alpha value is -0.860. The number of likely N-dealkylation sites (tertiary alicyclic amines) is 1. The van der Waals surface area contributed by atoms with Crippen LogP contribution in [-0.4, -0.2) is 37.1 Å². The van der Waals surface area contributed by atoms with E-state index in [1.54, 1.807) is 11.1 Å². The zero-order valence-electron chi connectivity index (χ0n) is 12.8. The highest BCUT2D eigenvalue weighted by molar-refractivity contribution is 5.40. The van der Waals surface area contributed by atoms with Crippen molar-refractivity contribution in [1.29, 1.82) is 0 Å². The van der Waals surface area contributed by atoms with Gasteiger partial charge in [-0.25, -0.2) is 0 Å². The molecule has 2 heteroatoms. The molecule has 2 nitrogen and oxygen atoms in total. The van der Waals surface area contributed by atoms with Crippen LogP contribution in [0.2, 0.25) is 0 Å². The third-order valence-electron chi connectivity index (χ3n) is 4.97. The maximum atomic E-state index is 3.62. The molecule has 1 aliphatic heterocycles. The topological polar surface area (TPSA) is 15.3 Å². The molecule has 1 aromatic rings. The van der Waals surface area contributed by atoms with E-state index in [1.165, 1.54) is 51.7 Å². The minimum absolute atomic E-state index is 0.767. The first-order valence-corrected chi connectivity index (χ1v) is 8.41. The van der Waals surface area contributed by atoms with Crippen LogP contribution in [0.4, 0.5) is 0 Å². The second-order valence-corrected chi connectivity index (χ2v) is 6.45. The molecule has 0 bridgehead atoms. The molecular formula is C18H28N2. The van der Waals surface area contributed by atoms with Crippen molar-refractivity contribution >= 4 is 0 Å². The summed E-state index contributed by atoms with van der Waals surface area (Å²) in [6, 6.07) is 9.76. The molecule has 0 spiro atoms. The van der Waals surface area contributed by atoms with Gasteiger partial charge in [-0.3, -0.25) is 4.90 Å². The third-order valence-corrected chi connectivity index (χ3v) is 4.97. The predicted molar refractivity (Wildman–Crippen MR) is 85.3 cm³/mol. The van der Waals surface area contributed by atoms with Crippen LogP contribution >= 0.6 is 0 Å². The van der Waals surface area contributed by atoms with E-state index in [0.29, 0.717) is 0 Å². The number of nitrogens with one attached hydrogen (secondary N) is 1. The molecule has 1 fully saturated rings. The van der Waals surface area contributed by atoms with Gasteiger partial charge in [0.2, 0.25) is 0 Å². The van der Waals surface area contributed by atoms with Crippen LogP contribution in [0, 0.1) is 0 Å². The normalized spacial score (nSPS) is 26.1. The molecule has 2 aliphatic rings. The molecule has 1 aliphatic carbocycles. The van der Waals surface area contributed by atoms with Gasteiger partial charge in [0.25, 0.3) is 0 Å². The van der Waals surface area contributed by atoms with E-state index in [0.717, 1.165) is 18.5 Å². The molecule has 1 heterocycles. The first-order valence-electron chi connectivity index (χ1n) is 8.41. The lowest BCUT2D eigenvalue weighted by molar-refractivity contribution is 0.133. The molecule has 20 heavy (non-hydrogen) atoms. The lowest BCUT2D eigenvalue weighted by Gasteiger charge is -2.41. The number of benzene rings is 1. The zero-order valence-corrected chi connectivity index (χ0v) is 12.8. The summed E-state index contributed by atoms with van der Waals surface area (Å²) in [6.45, 7) is 7.17. The van der Waals surface area contributed by atoms with Gasteiger partial charge in [0, 0.05) is 25.0 Å². The van der Waals surface area contributed by atoms with Crippen LogP contribution in [0.1, 0.15) is 49.7 Å². The minimum Gasteiger partial charge on any atom is -0.315 e. The monoisotopic (exact) mass is 272 g/mol. The van der Waals surface area contributed by atoms with Crippen LogP contribution in [0.15, 0.2) is 24.3 Å². The number of fused-ring (bicyclic) bond motifs is 1. The second kappa shape index (κ2) is 6.73. The molecule has 0 radical (unpaired) electrons. The highest BCUT2D eigenvalue weighted by Crippen LogP contribution is 2.36. The summed E-state index contributed by atoms with van der Waals surface area (Å²) in [5.74, 6) is 0.790. The van der Waals surface area contributed by atoms with E-state index in [-0.39, 0.29) is 0 Å². The fraction of sp³-hybridized carbons (Fsp3) is 0.667. The highest BCUT2D eigenvalue weighted by Gasteiger charge is 2.30. The van der Waals surface area contributed by atoms with Crippen molar-refractivity contribution in [3.63, 3.8) is 0 Å². The average molecular weight is 272 g/mol. The van der Waals surface area contributed by atoms with Gasteiger partial charge in [-0.15, -0.1) is 0 Å². The Morgan fingerprint density at radius 2 is 2.15 bits per heavy atom. The standard InChI is InChI=1S/C18H28N2/c1-2-10-19-13-17-8-5-6-11-20(17)14-16-12-15-7-3-4-9-18(15)16/h3-4,7,9,16-17,19H,2,5-6,8,10-14H2,1H3. The molecule has 0 amide bonds. The first kappa shape index (κ1) is 14.1. The minimum atomic E-state index is 0.767. The van der Waals surface area contributed by atoms with Crippen molar-refractivity contribution in [2.75, 3.05) is 26.2 Å². The molecule has 0 aromatic heterocycles. The molecule has 0 saturated carbocycles. The quantitative estimate of drug-likeness (QED) is 0.800. The molecule has 1 aromatic carbocycles. The van der Waals surface area contributed by atoms with E-state index in [4.69, 9.17) is 0 Å². The predicted octanol–water partition coefficient (Wildman–Crippen LogP) is 3.18. The maximum absolute atomic E-state index is 3.62. The van der Waals surface area contributed by atoms with Crippen molar-refractivity contribution in [3.05, 3.63) is 35.4 Å². The van der Waals surface area contributed by atoms with Crippen molar-refractivity contribution in [1.82, 2.24) is 10.2 Å². The fourth-order valence-corrected chi connectivity index (χ4v) is 3.79. The molecule has 3 rings (SSSR count). The van der Waals surface area contributed by atoms with Gasteiger partial charge in [0.15, 0.2) is 0 Å². The number of piperidine rings is 1. The van der Waals surface area contributed by atoms with Crippen LogP contribution < -0.4 is 5.32 Å². The average Bonchev–Trinajstić information content (AvgIpc) is 2.46. The largest absolute Gasteiger partial charge is 0.315 e. The van der Waals surface area contributed by atoms with Crippen LogP contribution in [-0.2, 0) is 6.42 Å². The van der Waals surface area contributed by atoms with E-state index < -0.39 is 0 Å². The Kier molecular flexibility index (Phi) is 4.74. The molecule has 110 valence electrons. The molecule has 1 saturated heterocycles. The SMILES string of the molecule is CCCNCC1CCCCN1CC1Cc2ccccc21. The second-order valence-electron chi connectivity index (χ2n) is 6.45. The van der Waals surface area contributed by atoms with Crippen molar-refractivity contribution in [2.45, 2.75) is 51.0 Å². The summed E-state index contributed by atoms with van der Waals surface area (Å²) in [5, 5.41) is 3.62. The Morgan fingerprint density at radius 3 is 3.00 bits per heavy atom. The van der Waals surface area contributed by atoms with Crippen LogP contribution in [0.25, 0.3) is 0 Å². The van der Waals surface area contributed by atoms with E-state index in [9.17, 15) is 0 Å².